The van der Waals surface area contributed by atoms with Gasteiger partial charge in [0.1, 0.15) is 23.5 Å². The topological polar surface area (TPSA) is 40.5 Å². The number of phenols is 1. The molecule has 2 aromatic rings. The number of benzene rings is 2. The molecular weight excluding hydrogens is 226 g/mol. The molecule has 0 unspecified atom stereocenters. The van der Waals surface area contributed by atoms with Crippen LogP contribution in [0.5, 0.6) is 5.75 Å². The Kier molecular flexibility index (Phi) is 3.06. The van der Waals surface area contributed by atoms with Gasteiger partial charge < -0.3 is 10.2 Å². The van der Waals surface area contributed by atoms with Crippen molar-refractivity contribution in [3.63, 3.8) is 0 Å². The maximum Gasteiger partial charge on any atom is 0.129 e. The lowest BCUT2D eigenvalue weighted by Crippen LogP contribution is -2.02. The SMILES string of the molecule is Oc1ccc(F)c([C@H](O)c2cccc(F)c2)c1. The van der Waals surface area contributed by atoms with Crippen molar-refractivity contribution in [3.05, 3.63) is 65.2 Å². The summed E-state index contributed by atoms with van der Waals surface area (Å²) >= 11 is 0. The van der Waals surface area contributed by atoms with Crippen LogP contribution in [0.2, 0.25) is 0 Å². The molecule has 2 rings (SSSR count). The molecule has 0 radical (unpaired) electrons. The van der Waals surface area contributed by atoms with Gasteiger partial charge in [-0.15, -0.1) is 0 Å². The summed E-state index contributed by atoms with van der Waals surface area (Å²) in [6.07, 6.45) is -1.31. The van der Waals surface area contributed by atoms with Crippen molar-refractivity contribution in [2.75, 3.05) is 0 Å². The highest BCUT2D eigenvalue weighted by atomic mass is 19.1. The first-order valence-electron chi connectivity index (χ1n) is 5.00. The largest absolute Gasteiger partial charge is 0.508 e. The number of hydrogen-bond acceptors (Lipinski definition) is 2. The predicted octanol–water partition coefficient (Wildman–Crippen LogP) is 2.75. The lowest BCUT2D eigenvalue weighted by Gasteiger charge is -2.12. The average Bonchev–Trinajstić information content (AvgIpc) is 2.31. The number of aliphatic hydroxyl groups excluding tert-OH is 1. The Labute approximate surface area is 96.8 Å². The van der Waals surface area contributed by atoms with Crippen molar-refractivity contribution in [1.29, 1.82) is 0 Å². The van der Waals surface area contributed by atoms with Gasteiger partial charge in [0, 0.05) is 5.56 Å². The number of rotatable bonds is 2. The van der Waals surface area contributed by atoms with Crippen LogP contribution in [0.1, 0.15) is 17.2 Å². The van der Waals surface area contributed by atoms with E-state index in [9.17, 15) is 19.0 Å². The van der Waals surface area contributed by atoms with Crippen molar-refractivity contribution in [1.82, 2.24) is 0 Å². The van der Waals surface area contributed by atoms with Crippen LogP contribution in [-0.2, 0) is 0 Å². The summed E-state index contributed by atoms with van der Waals surface area (Å²) in [6, 6.07) is 8.60. The van der Waals surface area contributed by atoms with E-state index in [2.05, 4.69) is 0 Å². The Bertz CT molecular complexity index is 541. The molecule has 0 aliphatic heterocycles. The number of halogens is 2. The molecule has 0 heterocycles. The third-order valence-electron chi connectivity index (χ3n) is 2.44. The zero-order valence-corrected chi connectivity index (χ0v) is 8.77. The van der Waals surface area contributed by atoms with Crippen LogP contribution in [0.4, 0.5) is 8.78 Å². The van der Waals surface area contributed by atoms with Crippen LogP contribution in [0.15, 0.2) is 42.5 Å². The normalized spacial score (nSPS) is 12.4. The highest BCUT2D eigenvalue weighted by molar-refractivity contribution is 5.35. The van der Waals surface area contributed by atoms with E-state index < -0.39 is 17.7 Å². The van der Waals surface area contributed by atoms with E-state index in [-0.39, 0.29) is 16.9 Å². The second kappa shape index (κ2) is 4.51. The molecule has 0 fully saturated rings. The molecule has 0 aliphatic rings. The van der Waals surface area contributed by atoms with E-state index >= 15 is 0 Å². The molecule has 88 valence electrons. The number of phenolic OH excluding ortho intramolecular Hbond substituents is 1. The van der Waals surface area contributed by atoms with Crippen molar-refractivity contribution >= 4 is 0 Å². The first-order valence-corrected chi connectivity index (χ1v) is 5.00. The fraction of sp³-hybridized carbons (Fsp3) is 0.0769. The van der Waals surface area contributed by atoms with Gasteiger partial charge in [-0.1, -0.05) is 12.1 Å². The van der Waals surface area contributed by atoms with Crippen LogP contribution in [0, 0.1) is 11.6 Å². The number of aromatic hydroxyl groups is 1. The summed E-state index contributed by atoms with van der Waals surface area (Å²) in [6.45, 7) is 0. The summed E-state index contributed by atoms with van der Waals surface area (Å²) in [5, 5.41) is 19.1. The molecule has 0 aliphatic carbocycles. The predicted molar refractivity (Wildman–Crippen MR) is 58.5 cm³/mol. The lowest BCUT2D eigenvalue weighted by atomic mass is 10.0. The molecule has 2 nitrogen and oxygen atoms in total. The molecule has 0 bridgehead atoms. The van der Waals surface area contributed by atoms with Crippen molar-refractivity contribution in [2.24, 2.45) is 0 Å². The smallest absolute Gasteiger partial charge is 0.129 e. The maximum atomic E-state index is 13.4. The Morgan fingerprint density at radius 2 is 1.76 bits per heavy atom. The first-order chi connectivity index (χ1) is 8.08. The third kappa shape index (κ3) is 2.42. The zero-order valence-electron chi connectivity index (χ0n) is 8.77. The summed E-state index contributed by atoms with van der Waals surface area (Å²) in [4.78, 5) is 0. The molecule has 0 amide bonds. The highest BCUT2D eigenvalue weighted by Crippen LogP contribution is 2.27. The fourth-order valence-electron chi connectivity index (χ4n) is 1.60. The molecule has 4 heteroatoms. The Hall–Kier alpha value is -1.94. The molecule has 2 aromatic carbocycles. The average molecular weight is 236 g/mol. The number of aliphatic hydroxyl groups is 1. The van der Waals surface area contributed by atoms with Gasteiger partial charge in [0.05, 0.1) is 0 Å². The van der Waals surface area contributed by atoms with Gasteiger partial charge in [-0.25, -0.2) is 8.78 Å². The Morgan fingerprint density at radius 1 is 1.00 bits per heavy atom. The van der Waals surface area contributed by atoms with Gasteiger partial charge in [-0.05, 0) is 35.9 Å². The van der Waals surface area contributed by atoms with Crippen molar-refractivity contribution in [2.45, 2.75) is 6.10 Å². The highest BCUT2D eigenvalue weighted by Gasteiger charge is 2.16. The molecule has 2 N–H and O–H groups in total. The summed E-state index contributed by atoms with van der Waals surface area (Å²) in [5.74, 6) is -1.32. The summed E-state index contributed by atoms with van der Waals surface area (Å²) < 4.78 is 26.4. The van der Waals surface area contributed by atoms with Crippen LogP contribution >= 0.6 is 0 Å². The second-order valence-corrected chi connectivity index (χ2v) is 3.66. The van der Waals surface area contributed by atoms with E-state index in [0.29, 0.717) is 0 Å². The van der Waals surface area contributed by atoms with Gasteiger partial charge in [-0.3, -0.25) is 0 Å². The van der Waals surface area contributed by atoms with Gasteiger partial charge in [0.15, 0.2) is 0 Å². The number of hydrogen-bond donors (Lipinski definition) is 2. The maximum absolute atomic E-state index is 13.4. The Balaban J connectivity index is 2.43. The van der Waals surface area contributed by atoms with Crippen LogP contribution < -0.4 is 0 Å². The lowest BCUT2D eigenvalue weighted by molar-refractivity contribution is 0.214. The van der Waals surface area contributed by atoms with E-state index in [1.165, 1.54) is 24.3 Å². The summed E-state index contributed by atoms with van der Waals surface area (Å²) in [7, 11) is 0. The summed E-state index contributed by atoms with van der Waals surface area (Å²) in [5.41, 5.74) is 0.144. The van der Waals surface area contributed by atoms with Crippen LogP contribution in [0.25, 0.3) is 0 Å². The fourth-order valence-corrected chi connectivity index (χ4v) is 1.60. The van der Waals surface area contributed by atoms with E-state index in [1.54, 1.807) is 0 Å². The van der Waals surface area contributed by atoms with E-state index in [0.717, 1.165) is 18.2 Å². The quantitative estimate of drug-likeness (QED) is 0.841. The van der Waals surface area contributed by atoms with Gasteiger partial charge in [-0.2, -0.15) is 0 Å². The minimum absolute atomic E-state index is 0.0874. The van der Waals surface area contributed by atoms with Crippen molar-refractivity contribution in [3.8, 4) is 5.75 Å². The monoisotopic (exact) mass is 236 g/mol. The molecular formula is C13H10F2O2. The van der Waals surface area contributed by atoms with E-state index in [1.807, 2.05) is 0 Å². The van der Waals surface area contributed by atoms with Crippen LogP contribution in [0.3, 0.4) is 0 Å². The van der Waals surface area contributed by atoms with Crippen molar-refractivity contribution < 1.29 is 19.0 Å². The molecule has 0 spiro atoms. The molecule has 0 aromatic heterocycles. The van der Waals surface area contributed by atoms with Gasteiger partial charge in [0.25, 0.3) is 0 Å². The second-order valence-electron chi connectivity index (χ2n) is 3.66. The van der Waals surface area contributed by atoms with Gasteiger partial charge in [0.2, 0.25) is 0 Å². The van der Waals surface area contributed by atoms with Gasteiger partial charge >= 0.3 is 0 Å². The first kappa shape index (κ1) is 11.5. The minimum atomic E-state index is -1.31. The van der Waals surface area contributed by atoms with E-state index in [4.69, 9.17) is 0 Å². The molecule has 1 atom stereocenters. The molecule has 17 heavy (non-hydrogen) atoms. The van der Waals surface area contributed by atoms with Crippen LogP contribution in [-0.4, -0.2) is 10.2 Å². The molecule has 0 saturated carbocycles. The zero-order chi connectivity index (χ0) is 12.4. The minimum Gasteiger partial charge on any atom is -0.508 e. The standard InChI is InChI=1S/C13H10F2O2/c14-9-3-1-2-8(6-9)13(17)11-7-10(16)4-5-12(11)15/h1-7,13,16-17H/t13-/m1/s1. The molecule has 0 saturated heterocycles. The third-order valence-corrected chi connectivity index (χ3v) is 2.44. The Morgan fingerprint density at radius 3 is 2.47 bits per heavy atom.